The summed E-state index contributed by atoms with van der Waals surface area (Å²) in [7, 11) is 0. The lowest BCUT2D eigenvalue weighted by atomic mass is 10.0. The van der Waals surface area contributed by atoms with Crippen molar-refractivity contribution < 1.29 is 18.4 Å². The molecule has 0 saturated heterocycles. The van der Waals surface area contributed by atoms with E-state index in [2.05, 4.69) is 27.8 Å². The summed E-state index contributed by atoms with van der Waals surface area (Å²) in [5, 5.41) is 0. The molecule has 0 unspecified atom stereocenters. The molecule has 5 nitrogen and oxygen atoms in total. The van der Waals surface area contributed by atoms with E-state index in [1.54, 1.807) is 18.2 Å². The Hall–Kier alpha value is -3.90. The molecule has 0 spiro atoms. The number of furan rings is 1. The minimum absolute atomic E-state index is 0.219. The van der Waals surface area contributed by atoms with Crippen LogP contribution in [-0.4, -0.2) is 17.4 Å². The fourth-order valence-electron chi connectivity index (χ4n) is 3.75. The number of nitrogens with zero attached hydrogens (tertiary/aromatic N) is 1. The number of rotatable bonds is 9. The van der Waals surface area contributed by atoms with Crippen LogP contribution < -0.4 is 4.74 Å². The van der Waals surface area contributed by atoms with Gasteiger partial charge in [-0.05, 0) is 73.2 Å². The summed E-state index contributed by atoms with van der Waals surface area (Å²) in [5.41, 5.74) is 3.04. The Labute approximate surface area is 217 Å². The number of fused-ring (bicyclic) bond motifs is 1. The number of oxazole rings is 1. The Morgan fingerprint density at radius 2 is 1.72 bits per heavy atom. The highest BCUT2D eigenvalue weighted by molar-refractivity contribution is 9.10. The van der Waals surface area contributed by atoms with Crippen LogP contribution in [0.2, 0.25) is 0 Å². The van der Waals surface area contributed by atoms with Gasteiger partial charge in [-0.2, -0.15) is 0 Å². The van der Waals surface area contributed by atoms with E-state index in [9.17, 15) is 4.79 Å². The van der Waals surface area contributed by atoms with Gasteiger partial charge in [0.1, 0.15) is 22.8 Å². The van der Waals surface area contributed by atoms with Gasteiger partial charge in [0.2, 0.25) is 5.89 Å². The maximum absolute atomic E-state index is 13.7. The minimum atomic E-state index is -0.219. The first-order chi connectivity index (χ1) is 17.6. The van der Waals surface area contributed by atoms with E-state index in [0.717, 1.165) is 28.6 Å². The summed E-state index contributed by atoms with van der Waals surface area (Å²) in [6.07, 6.45) is 3.73. The van der Waals surface area contributed by atoms with Gasteiger partial charge in [0.15, 0.2) is 11.4 Å². The lowest BCUT2D eigenvalue weighted by molar-refractivity contribution is 0.105. The van der Waals surface area contributed by atoms with Crippen molar-refractivity contribution in [2.75, 3.05) is 6.61 Å². The molecule has 2 heterocycles. The van der Waals surface area contributed by atoms with Crippen molar-refractivity contribution in [2.45, 2.75) is 19.8 Å². The van der Waals surface area contributed by atoms with Crippen molar-refractivity contribution in [3.8, 4) is 17.1 Å². The maximum Gasteiger partial charge on any atom is 0.231 e. The van der Waals surface area contributed by atoms with Crippen LogP contribution in [0.5, 0.6) is 5.75 Å². The molecular weight excluding hydrogens is 518 g/mol. The van der Waals surface area contributed by atoms with E-state index < -0.39 is 0 Å². The predicted octanol–water partition coefficient (Wildman–Crippen LogP) is 8.45. The third kappa shape index (κ3) is 5.34. The molecule has 0 bridgehead atoms. The molecular formula is C30H24BrNO4. The molecule has 0 aliphatic rings. The quantitative estimate of drug-likeness (QED) is 0.106. The van der Waals surface area contributed by atoms with E-state index in [0.29, 0.717) is 40.4 Å². The largest absolute Gasteiger partial charge is 0.494 e. The van der Waals surface area contributed by atoms with Crippen LogP contribution in [0.25, 0.3) is 34.1 Å². The van der Waals surface area contributed by atoms with Crippen LogP contribution in [0.3, 0.4) is 0 Å². The molecule has 0 fully saturated rings. The standard InChI is InChI=1S/C30H24BrNO4/c1-2-3-18-34-23-14-10-21(11-15-23)29(33)25(30-32-26-6-4-5-7-28(26)36-30)19-24-16-17-27(35-24)20-8-12-22(31)13-9-20/h4-17,19H,2-3,18H2,1H3. The van der Waals surface area contributed by atoms with Crippen LogP contribution in [-0.2, 0) is 0 Å². The molecule has 5 aromatic rings. The average molecular weight is 542 g/mol. The van der Waals surface area contributed by atoms with E-state index in [4.69, 9.17) is 13.6 Å². The number of para-hydroxylation sites is 2. The van der Waals surface area contributed by atoms with Gasteiger partial charge in [-0.25, -0.2) is 4.98 Å². The van der Waals surface area contributed by atoms with E-state index >= 15 is 0 Å². The Balaban J connectivity index is 1.50. The molecule has 0 aliphatic carbocycles. The lowest BCUT2D eigenvalue weighted by Crippen LogP contribution is -2.04. The van der Waals surface area contributed by atoms with Crippen molar-refractivity contribution in [3.05, 3.63) is 107 Å². The third-order valence-electron chi connectivity index (χ3n) is 5.69. The van der Waals surface area contributed by atoms with E-state index in [1.807, 2.05) is 72.8 Å². The molecule has 0 radical (unpaired) electrons. The Kier molecular flexibility index (Phi) is 7.14. The van der Waals surface area contributed by atoms with Crippen LogP contribution in [0, 0.1) is 0 Å². The van der Waals surface area contributed by atoms with Gasteiger partial charge in [0.05, 0.1) is 12.2 Å². The van der Waals surface area contributed by atoms with Crippen LogP contribution >= 0.6 is 15.9 Å². The molecule has 5 rings (SSSR count). The smallest absolute Gasteiger partial charge is 0.231 e. The van der Waals surface area contributed by atoms with E-state index in [-0.39, 0.29) is 11.7 Å². The number of Topliss-reactive ketones (excluding diaryl/α,β-unsaturated/α-hetero) is 1. The summed E-state index contributed by atoms with van der Waals surface area (Å²) in [4.78, 5) is 18.2. The van der Waals surface area contributed by atoms with Gasteiger partial charge in [0, 0.05) is 15.6 Å². The maximum atomic E-state index is 13.7. The fourth-order valence-corrected chi connectivity index (χ4v) is 4.01. The highest BCUT2D eigenvalue weighted by Gasteiger charge is 2.21. The van der Waals surface area contributed by atoms with Crippen LogP contribution in [0.4, 0.5) is 0 Å². The molecule has 6 heteroatoms. The van der Waals surface area contributed by atoms with Crippen molar-refractivity contribution in [1.29, 1.82) is 0 Å². The number of carbonyl (C=O) groups is 1. The number of allylic oxidation sites excluding steroid dienone is 1. The third-order valence-corrected chi connectivity index (χ3v) is 6.22. The number of ketones is 1. The first-order valence-corrected chi connectivity index (χ1v) is 12.6. The van der Waals surface area contributed by atoms with Gasteiger partial charge in [0.25, 0.3) is 0 Å². The number of benzene rings is 3. The Morgan fingerprint density at radius 1 is 0.944 bits per heavy atom. The Bertz CT molecular complexity index is 1480. The number of hydrogen-bond donors (Lipinski definition) is 0. The number of ether oxygens (including phenoxy) is 1. The second-order valence-corrected chi connectivity index (χ2v) is 9.22. The monoisotopic (exact) mass is 541 g/mol. The number of carbonyl (C=O) groups excluding carboxylic acids is 1. The van der Waals surface area contributed by atoms with E-state index in [1.165, 1.54) is 0 Å². The highest BCUT2D eigenvalue weighted by Crippen LogP contribution is 2.30. The Morgan fingerprint density at radius 3 is 2.47 bits per heavy atom. The lowest BCUT2D eigenvalue weighted by Gasteiger charge is -2.07. The molecule has 2 aromatic heterocycles. The molecule has 0 amide bonds. The molecule has 180 valence electrons. The van der Waals surface area contributed by atoms with Gasteiger partial charge >= 0.3 is 0 Å². The normalized spacial score (nSPS) is 11.7. The molecule has 0 N–H and O–H groups in total. The highest BCUT2D eigenvalue weighted by atomic mass is 79.9. The second kappa shape index (κ2) is 10.8. The zero-order chi connectivity index (χ0) is 24.9. The molecule has 3 aromatic carbocycles. The molecule has 0 saturated carbocycles. The summed E-state index contributed by atoms with van der Waals surface area (Å²) < 4.78 is 18.8. The van der Waals surface area contributed by atoms with Crippen molar-refractivity contribution >= 4 is 44.5 Å². The zero-order valence-electron chi connectivity index (χ0n) is 19.7. The fraction of sp³-hybridized carbons (Fsp3) is 0.133. The topological polar surface area (TPSA) is 65.5 Å². The predicted molar refractivity (Wildman–Crippen MR) is 145 cm³/mol. The summed E-state index contributed by atoms with van der Waals surface area (Å²) in [6.45, 7) is 2.77. The molecule has 0 aliphatic heterocycles. The number of aromatic nitrogens is 1. The van der Waals surface area contributed by atoms with Crippen LogP contribution in [0.1, 0.15) is 41.8 Å². The first kappa shape index (κ1) is 23.8. The summed E-state index contributed by atoms with van der Waals surface area (Å²) in [6, 6.07) is 26.1. The minimum Gasteiger partial charge on any atom is -0.494 e. The second-order valence-electron chi connectivity index (χ2n) is 8.31. The van der Waals surface area contributed by atoms with Gasteiger partial charge in [-0.3, -0.25) is 4.79 Å². The number of hydrogen-bond acceptors (Lipinski definition) is 5. The SMILES string of the molecule is CCCCOc1ccc(C(=O)C(=Cc2ccc(-c3ccc(Br)cc3)o2)c2nc3ccccc3o2)cc1. The first-order valence-electron chi connectivity index (χ1n) is 11.8. The molecule has 36 heavy (non-hydrogen) atoms. The van der Waals surface area contributed by atoms with Crippen molar-refractivity contribution in [3.63, 3.8) is 0 Å². The van der Waals surface area contributed by atoms with Gasteiger partial charge < -0.3 is 13.6 Å². The van der Waals surface area contributed by atoms with Gasteiger partial charge in [-0.1, -0.05) is 53.5 Å². The number of unbranched alkanes of at least 4 members (excludes halogenated alkanes) is 1. The average Bonchev–Trinajstić information content (AvgIpc) is 3.55. The number of halogens is 1. The van der Waals surface area contributed by atoms with Gasteiger partial charge in [-0.15, -0.1) is 0 Å². The summed E-state index contributed by atoms with van der Waals surface area (Å²) >= 11 is 3.45. The summed E-state index contributed by atoms with van der Waals surface area (Å²) in [5.74, 6) is 1.98. The van der Waals surface area contributed by atoms with Crippen molar-refractivity contribution in [1.82, 2.24) is 4.98 Å². The van der Waals surface area contributed by atoms with Crippen molar-refractivity contribution in [2.24, 2.45) is 0 Å². The molecule has 0 atom stereocenters. The van der Waals surface area contributed by atoms with Crippen LogP contribution in [0.15, 0.2) is 98.2 Å². The zero-order valence-corrected chi connectivity index (χ0v) is 21.3.